The van der Waals surface area contributed by atoms with E-state index in [0.717, 1.165) is 8.66 Å². The van der Waals surface area contributed by atoms with Crippen molar-refractivity contribution in [2.75, 3.05) is 7.05 Å². The van der Waals surface area contributed by atoms with Gasteiger partial charge in [-0.1, -0.05) is 12.1 Å². The predicted octanol–water partition coefficient (Wildman–Crippen LogP) is 4.16. The number of halogens is 1. The first-order valence-corrected chi connectivity index (χ1v) is 11.4. The molecule has 0 N–H and O–H groups in total. The van der Waals surface area contributed by atoms with E-state index in [-0.39, 0.29) is 38.2 Å². The van der Waals surface area contributed by atoms with Gasteiger partial charge in [0.2, 0.25) is 9.84 Å². The predicted molar refractivity (Wildman–Crippen MR) is 110 cm³/mol. The molecule has 0 aliphatic carbocycles. The molecule has 142 valence electrons. The van der Waals surface area contributed by atoms with Crippen LogP contribution in [0.2, 0.25) is 0 Å². The lowest BCUT2D eigenvalue weighted by Gasteiger charge is -2.21. The van der Waals surface area contributed by atoms with E-state index >= 15 is 0 Å². The maximum atomic E-state index is 13.0. The quantitative estimate of drug-likeness (QED) is 0.445. The third-order valence-electron chi connectivity index (χ3n) is 4.55. The van der Waals surface area contributed by atoms with Crippen LogP contribution in [0.15, 0.2) is 68.2 Å². The lowest BCUT2D eigenvalue weighted by atomic mass is 10.0. The molecule has 0 spiro atoms. The van der Waals surface area contributed by atoms with Gasteiger partial charge in [0, 0.05) is 28.6 Å². The highest BCUT2D eigenvalue weighted by molar-refractivity contribution is 9.11. The standard InChI is InChI=1S/C20H14BrNO4S2/c1-22(11-13-7-9-18(21)27-13)20(24)12-6-8-15-17(10-12)28(25,26)16-5-3-2-4-14(16)19(15)23/h2-10H,11H2,1H3. The summed E-state index contributed by atoms with van der Waals surface area (Å²) in [6.45, 7) is 0.403. The molecule has 8 heteroatoms. The highest BCUT2D eigenvalue weighted by Crippen LogP contribution is 2.35. The Morgan fingerprint density at radius 3 is 2.46 bits per heavy atom. The molecule has 0 saturated carbocycles. The zero-order chi connectivity index (χ0) is 20.1. The minimum atomic E-state index is -3.87. The van der Waals surface area contributed by atoms with Crippen molar-refractivity contribution >= 4 is 48.8 Å². The average Bonchev–Trinajstić information content (AvgIpc) is 3.10. The molecule has 1 aromatic heterocycles. The number of carbonyl (C=O) groups excluding carboxylic acids is 2. The third-order valence-corrected chi connectivity index (χ3v) is 8.01. The van der Waals surface area contributed by atoms with Gasteiger partial charge in [-0.05, 0) is 58.4 Å². The Balaban J connectivity index is 1.72. The summed E-state index contributed by atoms with van der Waals surface area (Å²) in [6, 6.07) is 14.2. The molecule has 1 aliphatic rings. The summed E-state index contributed by atoms with van der Waals surface area (Å²) in [5.41, 5.74) is 0.488. The third kappa shape index (κ3) is 3.11. The van der Waals surface area contributed by atoms with Crippen molar-refractivity contribution in [3.63, 3.8) is 0 Å². The average molecular weight is 476 g/mol. The molecule has 2 aromatic carbocycles. The molecule has 0 fully saturated rings. The van der Waals surface area contributed by atoms with Crippen molar-refractivity contribution in [2.45, 2.75) is 16.3 Å². The summed E-state index contributed by atoms with van der Waals surface area (Å²) in [7, 11) is -2.21. The normalized spacial score (nSPS) is 14.3. The molecule has 28 heavy (non-hydrogen) atoms. The van der Waals surface area contributed by atoms with Gasteiger partial charge in [0.15, 0.2) is 5.78 Å². The van der Waals surface area contributed by atoms with Gasteiger partial charge in [-0.25, -0.2) is 8.42 Å². The van der Waals surface area contributed by atoms with E-state index in [0.29, 0.717) is 6.54 Å². The molecule has 0 unspecified atom stereocenters. The Hall–Kier alpha value is -2.29. The number of carbonyl (C=O) groups is 2. The number of hydrogen-bond donors (Lipinski definition) is 0. The van der Waals surface area contributed by atoms with E-state index in [4.69, 9.17) is 0 Å². The number of amides is 1. The van der Waals surface area contributed by atoms with Crippen molar-refractivity contribution in [3.8, 4) is 0 Å². The van der Waals surface area contributed by atoms with E-state index < -0.39 is 9.84 Å². The number of thiophene rings is 1. The van der Waals surface area contributed by atoms with Gasteiger partial charge in [-0.2, -0.15) is 0 Å². The van der Waals surface area contributed by atoms with E-state index in [1.807, 2.05) is 12.1 Å². The first-order valence-electron chi connectivity index (χ1n) is 8.31. The molecule has 2 heterocycles. The fraction of sp³-hybridized carbons (Fsp3) is 0.100. The van der Waals surface area contributed by atoms with Crippen LogP contribution in [0.5, 0.6) is 0 Å². The second kappa shape index (κ2) is 6.95. The fourth-order valence-corrected chi connectivity index (χ4v) is 6.39. The van der Waals surface area contributed by atoms with Gasteiger partial charge in [-0.3, -0.25) is 9.59 Å². The molecule has 0 saturated heterocycles. The molecule has 3 aromatic rings. The van der Waals surface area contributed by atoms with Crippen molar-refractivity contribution in [1.82, 2.24) is 4.90 Å². The largest absolute Gasteiger partial charge is 0.337 e. The first kappa shape index (κ1) is 19.0. The SMILES string of the molecule is CN(Cc1ccc(Br)s1)C(=O)c1ccc2c(c1)S(=O)(=O)c1ccccc1C2=O. The van der Waals surface area contributed by atoms with Crippen molar-refractivity contribution in [1.29, 1.82) is 0 Å². The first-order chi connectivity index (χ1) is 13.3. The Morgan fingerprint density at radius 2 is 1.75 bits per heavy atom. The monoisotopic (exact) mass is 475 g/mol. The lowest BCUT2D eigenvalue weighted by Crippen LogP contribution is -2.27. The molecular formula is C20H14BrNO4S2. The van der Waals surface area contributed by atoms with E-state index in [2.05, 4.69) is 15.9 Å². The summed E-state index contributed by atoms with van der Waals surface area (Å²) in [5.74, 6) is -0.662. The molecule has 0 radical (unpaired) electrons. The Morgan fingerprint density at radius 1 is 1.04 bits per heavy atom. The van der Waals surface area contributed by atoms with Crippen molar-refractivity contribution in [3.05, 3.63) is 80.0 Å². The topological polar surface area (TPSA) is 71.5 Å². The van der Waals surface area contributed by atoms with Gasteiger partial charge in [0.25, 0.3) is 5.91 Å². The zero-order valence-corrected chi connectivity index (χ0v) is 17.9. The Kier molecular flexibility index (Phi) is 4.73. The van der Waals surface area contributed by atoms with Gasteiger partial charge in [-0.15, -0.1) is 11.3 Å². The van der Waals surface area contributed by atoms with Crippen LogP contribution in [0.25, 0.3) is 0 Å². The molecule has 0 atom stereocenters. The van der Waals surface area contributed by atoms with Gasteiger partial charge < -0.3 is 4.90 Å². The van der Waals surface area contributed by atoms with Crippen LogP contribution in [0.4, 0.5) is 0 Å². The molecule has 0 bridgehead atoms. The van der Waals surface area contributed by atoms with E-state index in [1.54, 1.807) is 19.2 Å². The minimum Gasteiger partial charge on any atom is -0.337 e. The number of sulfone groups is 1. The highest BCUT2D eigenvalue weighted by atomic mass is 79.9. The van der Waals surface area contributed by atoms with Crippen LogP contribution in [0, 0.1) is 0 Å². The lowest BCUT2D eigenvalue weighted by molar-refractivity contribution is 0.0785. The Bertz CT molecular complexity index is 1230. The van der Waals surface area contributed by atoms with Crippen LogP contribution in [-0.4, -0.2) is 32.1 Å². The van der Waals surface area contributed by atoms with Crippen molar-refractivity contribution < 1.29 is 18.0 Å². The van der Waals surface area contributed by atoms with E-state index in [9.17, 15) is 18.0 Å². The van der Waals surface area contributed by atoms with Crippen LogP contribution >= 0.6 is 27.3 Å². The molecule has 4 rings (SSSR count). The number of nitrogens with zero attached hydrogens (tertiary/aromatic N) is 1. The van der Waals surface area contributed by atoms with Crippen molar-refractivity contribution in [2.24, 2.45) is 0 Å². The van der Waals surface area contributed by atoms with E-state index in [1.165, 1.54) is 46.6 Å². The number of ketones is 1. The molecule has 5 nitrogen and oxygen atoms in total. The Labute approximate surface area is 174 Å². The van der Waals surface area contributed by atoms with Crippen LogP contribution < -0.4 is 0 Å². The zero-order valence-electron chi connectivity index (χ0n) is 14.7. The maximum Gasteiger partial charge on any atom is 0.253 e. The van der Waals surface area contributed by atoms with Crippen LogP contribution in [0.3, 0.4) is 0 Å². The minimum absolute atomic E-state index is 0.0195. The second-order valence-electron chi connectivity index (χ2n) is 6.41. The molecule has 1 amide bonds. The molecular weight excluding hydrogens is 462 g/mol. The second-order valence-corrected chi connectivity index (χ2v) is 10.8. The maximum absolute atomic E-state index is 13.0. The van der Waals surface area contributed by atoms with Gasteiger partial charge in [0.05, 0.1) is 20.1 Å². The van der Waals surface area contributed by atoms with Gasteiger partial charge >= 0.3 is 0 Å². The number of hydrogen-bond acceptors (Lipinski definition) is 5. The fourth-order valence-electron chi connectivity index (χ4n) is 3.18. The molecule has 1 aliphatic heterocycles. The summed E-state index contributed by atoms with van der Waals surface area (Å²) in [5, 5.41) is 0. The number of rotatable bonds is 3. The summed E-state index contributed by atoms with van der Waals surface area (Å²) in [6.07, 6.45) is 0. The smallest absolute Gasteiger partial charge is 0.253 e. The number of fused-ring (bicyclic) bond motifs is 2. The summed E-state index contributed by atoms with van der Waals surface area (Å²) >= 11 is 4.92. The highest BCUT2D eigenvalue weighted by Gasteiger charge is 2.35. The van der Waals surface area contributed by atoms with Gasteiger partial charge in [0.1, 0.15) is 0 Å². The van der Waals surface area contributed by atoms with Crippen LogP contribution in [-0.2, 0) is 16.4 Å². The number of benzene rings is 2. The summed E-state index contributed by atoms with van der Waals surface area (Å²) in [4.78, 5) is 27.9. The van der Waals surface area contributed by atoms with Crippen LogP contribution in [0.1, 0.15) is 31.2 Å². The summed E-state index contributed by atoms with van der Waals surface area (Å²) < 4.78 is 27.0.